The summed E-state index contributed by atoms with van der Waals surface area (Å²) in [5.41, 5.74) is 1.99. The molecule has 2 rings (SSSR count). The van der Waals surface area contributed by atoms with Crippen LogP contribution in [0.4, 0.5) is 0 Å². The molecule has 2 amide bonds. The average Bonchev–Trinajstić information content (AvgIpc) is 2.78. The van der Waals surface area contributed by atoms with Gasteiger partial charge < -0.3 is 0 Å². The maximum Gasteiger partial charge on any atom is 0.261 e. The van der Waals surface area contributed by atoms with Gasteiger partial charge in [-0.15, -0.1) is 0 Å². The van der Waals surface area contributed by atoms with Crippen LogP contribution in [0.1, 0.15) is 80.2 Å². The zero-order valence-electron chi connectivity index (χ0n) is 17.0. The number of carbonyl (C=O) groups excluding carboxylic acids is 2. The number of imide groups is 1. The molecule has 0 fully saturated rings. The number of sulfone groups is 1. The minimum Gasteiger partial charge on any atom is -0.274 e. The number of amides is 2. The summed E-state index contributed by atoms with van der Waals surface area (Å²) in [6.45, 7) is 9.59. The number of carbonyl (C=O) groups is 2. The molecule has 27 heavy (non-hydrogen) atoms. The summed E-state index contributed by atoms with van der Waals surface area (Å²) in [5, 5.41) is 0. The van der Waals surface area contributed by atoms with E-state index < -0.39 is 14.6 Å². The first-order valence-corrected chi connectivity index (χ1v) is 11.3. The van der Waals surface area contributed by atoms with Crippen LogP contribution in [0, 0.1) is 5.92 Å². The van der Waals surface area contributed by atoms with Crippen molar-refractivity contribution in [2.75, 3.05) is 12.3 Å². The number of fused-ring (bicyclic) bond motifs is 1. The maximum atomic E-state index is 12.5. The second-order valence-electron chi connectivity index (χ2n) is 8.74. The first-order chi connectivity index (χ1) is 12.4. The van der Waals surface area contributed by atoms with Gasteiger partial charge in [0.05, 0.1) is 21.6 Å². The summed E-state index contributed by atoms with van der Waals surface area (Å²) in [5.74, 6) is 0.0261. The Labute approximate surface area is 163 Å². The highest BCUT2D eigenvalue weighted by atomic mass is 32.2. The third kappa shape index (κ3) is 4.98. The van der Waals surface area contributed by atoms with Crippen molar-refractivity contribution in [1.29, 1.82) is 0 Å². The monoisotopic (exact) mass is 393 g/mol. The fourth-order valence-corrected chi connectivity index (χ4v) is 4.33. The average molecular weight is 394 g/mol. The van der Waals surface area contributed by atoms with Crippen molar-refractivity contribution in [1.82, 2.24) is 4.90 Å². The van der Waals surface area contributed by atoms with E-state index in [1.807, 2.05) is 26.0 Å². The number of unbranched alkanes of at least 4 members (excludes halogenated alkanes) is 2. The molecule has 0 atom stereocenters. The van der Waals surface area contributed by atoms with E-state index in [9.17, 15) is 18.0 Å². The van der Waals surface area contributed by atoms with E-state index in [0.717, 1.165) is 24.8 Å². The highest BCUT2D eigenvalue weighted by molar-refractivity contribution is 7.92. The molecule has 1 heterocycles. The molecular formula is C21H31NO4S. The first-order valence-electron chi connectivity index (χ1n) is 9.65. The molecule has 0 N–H and O–H groups in total. The lowest BCUT2D eigenvalue weighted by atomic mass is 10.0. The Kier molecular flexibility index (Phi) is 6.51. The van der Waals surface area contributed by atoms with Crippen molar-refractivity contribution in [2.24, 2.45) is 5.92 Å². The van der Waals surface area contributed by atoms with Crippen LogP contribution in [0.2, 0.25) is 0 Å². The lowest BCUT2D eigenvalue weighted by Crippen LogP contribution is -2.33. The van der Waals surface area contributed by atoms with Gasteiger partial charge in [-0.25, -0.2) is 8.42 Å². The Hall–Kier alpha value is -1.69. The molecule has 1 aliphatic heterocycles. The highest BCUT2D eigenvalue weighted by Gasteiger charge is 2.35. The molecule has 1 aromatic carbocycles. The molecule has 6 heteroatoms. The first kappa shape index (κ1) is 21.6. The molecule has 150 valence electrons. The molecule has 0 radical (unpaired) electrons. The van der Waals surface area contributed by atoms with E-state index in [-0.39, 0.29) is 23.5 Å². The van der Waals surface area contributed by atoms with E-state index in [1.54, 1.807) is 26.8 Å². The molecule has 0 aliphatic carbocycles. The zero-order chi connectivity index (χ0) is 20.4. The van der Waals surface area contributed by atoms with E-state index in [1.165, 1.54) is 4.90 Å². The number of benzene rings is 1. The molecule has 0 saturated carbocycles. The van der Waals surface area contributed by atoms with Gasteiger partial charge in [-0.1, -0.05) is 26.3 Å². The van der Waals surface area contributed by atoms with Crippen LogP contribution >= 0.6 is 0 Å². The van der Waals surface area contributed by atoms with Crippen LogP contribution in [0.3, 0.4) is 0 Å². The Balaban J connectivity index is 1.92. The predicted molar refractivity (Wildman–Crippen MR) is 108 cm³/mol. The van der Waals surface area contributed by atoms with Gasteiger partial charge in [0.25, 0.3) is 11.8 Å². The molecule has 0 unspecified atom stereocenters. The van der Waals surface area contributed by atoms with E-state index in [4.69, 9.17) is 0 Å². The molecule has 1 aromatic rings. The number of hydrogen-bond donors (Lipinski definition) is 0. The summed E-state index contributed by atoms with van der Waals surface area (Å²) in [6.07, 6.45) is 3.09. The molecule has 1 aliphatic rings. The number of rotatable bonds is 8. The van der Waals surface area contributed by atoms with E-state index >= 15 is 0 Å². The van der Waals surface area contributed by atoms with Gasteiger partial charge >= 0.3 is 0 Å². The van der Waals surface area contributed by atoms with Crippen LogP contribution in [0.25, 0.3) is 0 Å². The van der Waals surface area contributed by atoms with Gasteiger partial charge in [-0.3, -0.25) is 14.5 Å². The van der Waals surface area contributed by atoms with Gasteiger partial charge in [-0.2, -0.15) is 0 Å². The van der Waals surface area contributed by atoms with Crippen LogP contribution in [0.15, 0.2) is 18.2 Å². The predicted octanol–water partition coefficient (Wildman–Crippen LogP) is 3.86. The molecule has 0 spiro atoms. The van der Waals surface area contributed by atoms with Crippen molar-refractivity contribution in [3.05, 3.63) is 34.9 Å². The third-order valence-corrected chi connectivity index (χ3v) is 7.59. The van der Waals surface area contributed by atoms with Crippen molar-refractivity contribution >= 4 is 21.7 Å². The van der Waals surface area contributed by atoms with Gasteiger partial charge in [0, 0.05) is 6.54 Å². The lowest BCUT2D eigenvalue weighted by molar-refractivity contribution is 0.0636. The largest absolute Gasteiger partial charge is 0.274 e. The van der Waals surface area contributed by atoms with E-state index in [2.05, 4.69) is 0 Å². The zero-order valence-corrected chi connectivity index (χ0v) is 17.9. The standard InChI is InChI=1S/C21H31NO4S/c1-15(2)14-22-19(23)17-11-10-16(13-18(17)20(22)24)9-7-6-8-12-27(25,26)21(3,4)5/h10-11,13,15H,6-9,12,14H2,1-5H3. The molecule has 5 nitrogen and oxygen atoms in total. The minimum atomic E-state index is -3.07. The molecule has 0 aromatic heterocycles. The van der Waals surface area contributed by atoms with E-state index in [0.29, 0.717) is 24.1 Å². The molecule has 0 saturated heterocycles. The Morgan fingerprint density at radius 2 is 1.59 bits per heavy atom. The second-order valence-corrected chi connectivity index (χ2v) is 11.6. The minimum absolute atomic E-state index is 0.206. The fourth-order valence-electron chi connectivity index (χ4n) is 3.13. The Morgan fingerprint density at radius 1 is 0.963 bits per heavy atom. The Bertz CT molecular complexity index is 819. The number of nitrogens with zero attached hydrogens (tertiary/aromatic N) is 1. The number of aryl methyl sites for hydroxylation is 1. The summed E-state index contributed by atoms with van der Waals surface area (Å²) >= 11 is 0. The summed E-state index contributed by atoms with van der Waals surface area (Å²) in [6, 6.07) is 5.46. The summed E-state index contributed by atoms with van der Waals surface area (Å²) in [4.78, 5) is 26.2. The molecular weight excluding hydrogens is 362 g/mol. The van der Waals surface area contributed by atoms with Crippen molar-refractivity contribution in [3.8, 4) is 0 Å². The third-order valence-electron chi connectivity index (χ3n) is 4.89. The van der Waals surface area contributed by atoms with Gasteiger partial charge in [-0.05, 0) is 63.6 Å². The van der Waals surface area contributed by atoms with Gasteiger partial charge in [0.1, 0.15) is 0 Å². The summed E-state index contributed by atoms with van der Waals surface area (Å²) < 4.78 is 23.5. The van der Waals surface area contributed by atoms with Crippen LogP contribution in [0.5, 0.6) is 0 Å². The lowest BCUT2D eigenvalue weighted by Gasteiger charge is -2.18. The smallest absolute Gasteiger partial charge is 0.261 e. The topological polar surface area (TPSA) is 71.5 Å². The highest BCUT2D eigenvalue weighted by Crippen LogP contribution is 2.25. The maximum absolute atomic E-state index is 12.5. The normalized spacial score (nSPS) is 15.0. The van der Waals surface area contributed by atoms with Crippen molar-refractivity contribution in [3.63, 3.8) is 0 Å². The van der Waals surface area contributed by atoms with Crippen LogP contribution in [-0.4, -0.2) is 42.2 Å². The van der Waals surface area contributed by atoms with Crippen molar-refractivity contribution in [2.45, 2.75) is 65.0 Å². The Morgan fingerprint density at radius 3 is 2.19 bits per heavy atom. The SMILES string of the molecule is CC(C)CN1C(=O)c2ccc(CCCCCS(=O)(=O)C(C)(C)C)cc2C1=O. The summed E-state index contributed by atoms with van der Waals surface area (Å²) in [7, 11) is -3.07. The second kappa shape index (κ2) is 8.13. The van der Waals surface area contributed by atoms with Gasteiger partial charge in [0.15, 0.2) is 9.84 Å². The van der Waals surface area contributed by atoms with Gasteiger partial charge in [0.2, 0.25) is 0 Å². The number of hydrogen-bond acceptors (Lipinski definition) is 4. The van der Waals surface area contributed by atoms with Crippen molar-refractivity contribution < 1.29 is 18.0 Å². The fraction of sp³-hybridized carbons (Fsp3) is 0.619. The van der Waals surface area contributed by atoms with Crippen LogP contribution < -0.4 is 0 Å². The van der Waals surface area contributed by atoms with Crippen LogP contribution in [-0.2, 0) is 16.3 Å². The molecule has 0 bridgehead atoms. The quantitative estimate of drug-likeness (QED) is 0.496.